The number of benzene rings is 1. The molecule has 1 saturated heterocycles. The van der Waals surface area contributed by atoms with Crippen molar-refractivity contribution in [3.8, 4) is 0 Å². The smallest absolute Gasteiger partial charge is 0.255 e. The van der Waals surface area contributed by atoms with Crippen molar-refractivity contribution in [2.45, 2.75) is 50.2 Å². The van der Waals surface area contributed by atoms with E-state index in [9.17, 15) is 4.79 Å². The molecule has 0 unspecified atom stereocenters. The molecule has 3 N–H and O–H groups in total. The van der Waals surface area contributed by atoms with E-state index in [-0.39, 0.29) is 24.4 Å². The summed E-state index contributed by atoms with van der Waals surface area (Å²) in [5.41, 5.74) is 7.81. The third-order valence-corrected chi connectivity index (χ3v) is 6.25. The van der Waals surface area contributed by atoms with E-state index < -0.39 is 6.10 Å². The Morgan fingerprint density at radius 2 is 2.07 bits per heavy atom. The largest absolute Gasteiger partial charge is 0.364 e. The normalized spacial score (nSPS) is 21.7. The van der Waals surface area contributed by atoms with Crippen LogP contribution >= 0.6 is 35.3 Å². The maximum absolute atomic E-state index is 12.5. The molecule has 0 radical (unpaired) electrons. The third-order valence-electron chi connectivity index (χ3n) is 4.89. The number of amides is 1. The Hall–Kier alpha value is -1.18. The number of nitrogens with one attached hydrogen (secondary N) is 1. The maximum atomic E-state index is 12.5. The molecule has 0 spiro atoms. The predicted octanol–water partition coefficient (Wildman–Crippen LogP) is 4.13. The first-order valence-electron chi connectivity index (χ1n) is 9.03. The van der Waals surface area contributed by atoms with E-state index in [1.165, 1.54) is 4.88 Å². The minimum atomic E-state index is -0.427. The molecule has 2 heterocycles. The molecule has 2 aromatic rings. The van der Waals surface area contributed by atoms with Gasteiger partial charge in [-0.05, 0) is 37.3 Å². The van der Waals surface area contributed by atoms with Gasteiger partial charge in [-0.2, -0.15) is 0 Å². The monoisotopic (exact) mass is 427 g/mol. The van der Waals surface area contributed by atoms with Crippen LogP contribution < -0.4 is 11.1 Å². The van der Waals surface area contributed by atoms with Gasteiger partial charge in [-0.1, -0.05) is 29.8 Å². The number of nitrogens with zero attached hydrogens (tertiary/aromatic N) is 1. The zero-order chi connectivity index (χ0) is 18.1. The van der Waals surface area contributed by atoms with Gasteiger partial charge in [0.1, 0.15) is 6.10 Å². The number of ether oxygens (including phenoxy) is 1. The first-order valence-corrected chi connectivity index (χ1v) is 10.2. The molecule has 1 aromatic carbocycles. The lowest BCUT2D eigenvalue weighted by Crippen LogP contribution is -2.29. The van der Waals surface area contributed by atoms with Crippen LogP contribution in [0.2, 0.25) is 5.02 Å². The fourth-order valence-electron chi connectivity index (χ4n) is 3.29. The number of aromatic nitrogens is 1. The highest BCUT2D eigenvalue weighted by atomic mass is 35.5. The lowest BCUT2D eigenvalue weighted by atomic mass is 10.1. The quantitative estimate of drug-likeness (QED) is 0.725. The van der Waals surface area contributed by atoms with Crippen LogP contribution in [-0.4, -0.2) is 29.6 Å². The number of nitrogens with two attached hydrogens (primary N) is 1. The SMILES string of the molecule is Cl.NC[C@H]1CC[C@@H](C(=O)Nc2nc(C3CC3)c(Cc3ccccc3Cl)s2)O1. The van der Waals surface area contributed by atoms with Gasteiger partial charge >= 0.3 is 0 Å². The van der Waals surface area contributed by atoms with Crippen LogP contribution in [0.3, 0.4) is 0 Å². The second kappa shape index (κ2) is 8.88. The van der Waals surface area contributed by atoms with Crippen LogP contribution in [0.1, 0.15) is 47.7 Å². The zero-order valence-corrected chi connectivity index (χ0v) is 17.2. The molecule has 2 atom stereocenters. The number of hydrogen-bond acceptors (Lipinski definition) is 5. The Morgan fingerprint density at radius 3 is 2.74 bits per heavy atom. The average molecular weight is 428 g/mol. The van der Waals surface area contributed by atoms with Crippen LogP contribution in [-0.2, 0) is 16.0 Å². The summed E-state index contributed by atoms with van der Waals surface area (Å²) in [6, 6.07) is 7.87. The highest BCUT2D eigenvalue weighted by molar-refractivity contribution is 7.15. The highest BCUT2D eigenvalue weighted by Crippen LogP contribution is 2.44. The molecule has 146 valence electrons. The fraction of sp³-hybridized carbons (Fsp3) is 0.474. The van der Waals surface area contributed by atoms with Crippen molar-refractivity contribution in [3.63, 3.8) is 0 Å². The van der Waals surface area contributed by atoms with Crippen molar-refractivity contribution >= 4 is 46.4 Å². The molecular weight excluding hydrogens is 405 g/mol. The first kappa shape index (κ1) is 20.6. The van der Waals surface area contributed by atoms with Gasteiger partial charge in [0, 0.05) is 28.8 Å². The van der Waals surface area contributed by atoms with Crippen LogP contribution in [0.15, 0.2) is 24.3 Å². The molecule has 4 rings (SSSR count). The van der Waals surface area contributed by atoms with E-state index in [0.29, 0.717) is 24.0 Å². The standard InChI is InChI=1S/C19H22ClN3O2S.ClH/c20-14-4-2-1-3-12(14)9-16-17(11-5-6-11)22-19(26-16)23-18(24)15-8-7-13(10-21)25-15;/h1-4,11,13,15H,5-10,21H2,(H,22,23,24);1H/t13-,15+;/m1./s1. The number of hydrogen-bond donors (Lipinski definition) is 2. The van der Waals surface area contributed by atoms with Crippen molar-refractivity contribution in [2.75, 3.05) is 11.9 Å². The molecule has 2 fully saturated rings. The van der Waals surface area contributed by atoms with E-state index in [4.69, 9.17) is 27.1 Å². The minimum Gasteiger partial charge on any atom is -0.364 e. The van der Waals surface area contributed by atoms with Crippen molar-refractivity contribution < 1.29 is 9.53 Å². The molecule has 2 aliphatic rings. The molecule has 1 aromatic heterocycles. The van der Waals surface area contributed by atoms with Gasteiger partial charge in [-0.25, -0.2) is 4.98 Å². The summed E-state index contributed by atoms with van der Waals surface area (Å²) in [6.07, 6.45) is 4.17. The second-order valence-corrected chi connectivity index (χ2v) is 8.41. The summed E-state index contributed by atoms with van der Waals surface area (Å²) in [7, 11) is 0. The predicted molar refractivity (Wildman–Crippen MR) is 111 cm³/mol. The first-order chi connectivity index (χ1) is 12.6. The van der Waals surface area contributed by atoms with Crippen molar-refractivity contribution in [1.82, 2.24) is 4.98 Å². The summed E-state index contributed by atoms with van der Waals surface area (Å²) in [4.78, 5) is 18.4. The molecule has 5 nitrogen and oxygen atoms in total. The van der Waals surface area contributed by atoms with E-state index in [1.807, 2.05) is 24.3 Å². The van der Waals surface area contributed by atoms with Gasteiger partial charge in [0.15, 0.2) is 5.13 Å². The molecule has 0 bridgehead atoms. The number of rotatable bonds is 6. The van der Waals surface area contributed by atoms with E-state index in [1.54, 1.807) is 11.3 Å². The zero-order valence-electron chi connectivity index (χ0n) is 14.8. The summed E-state index contributed by atoms with van der Waals surface area (Å²) in [5.74, 6) is 0.389. The minimum absolute atomic E-state index is 0. The number of carbonyl (C=O) groups excluding carboxylic acids is 1. The van der Waals surface area contributed by atoms with Crippen LogP contribution in [0.4, 0.5) is 5.13 Å². The van der Waals surface area contributed by atoms with Crippen LogP contribution in [0.25, 0.3) is 0 Å². The molecule has 8 heteroatoms. The van der Waals surface area contributed by atoms with E-state index in [2.05, 4.69) is 5.32 Å². The molecule has 1 aliphatic carbocycles. The Labute approximate surface area is 174 Å². The molecule has 1 amide bonds. The summed E-state index contributed by atoms with van der Waals surface area (Å²) in [6.45, 7) is 0.453. The van der Waals surface area contributed by atoms with Gasteiger partial charge in [-0.3, -0.25) is 10.1 Å². The highest BCUT2D eigenvalue weighted by Gasteiger charge is 2.32. The Kier molecular flexibility index (Phi) is 6.76. The van der Waals surface area contributed by atoms with E-state index in [0.717, 1.165) is 42.0 Å². The topological polar surface area (TPSA) is 77.2 Å². The Bertz CT molecular complexity index is 810. The fourth-order valence-corrected chi connectivity index (χ4v) is 4.57. The number of thiazole rings is 1. The Morgan fingerprint density at radius 1 is 1.30 bits per heavy atom. The third kappa shape index (κ3) is 4.81. The summed E-state index contributed by atoms with van der Waals surface area (Å²) in [5, 5.41) is 4.36. The van der Waals surface area contributed by atoms with Crippen molar-refractivity contribution in [2.24, 2.45) is 5.73 Å². The molecule has 27 heavy (non-hydrogen) atoms. The number of halogens is 2. The lowest BCUT2D eigenvalue weighted by molar-refractivity contribution is -0.126. The summed E-state index contributed by atoms with van der Waals surface area (Å²) < 4.78 is 5.68. The van der Waals surface area contributed by atoms with Gasteiger partial charge in [0.2, 0.25) is 0 Å². The lowest BCUT2D eigenvalue weighted by Gasteiger charge is -2.11. The molecular formula is C19H23Cl2N3O2S. The molecule has 1 aliphatic heterocycles. The van der Waals surface area contributed by atoms with Crippen LogP contribution in [0, 0.1) is 0 Å². The second-order valence-electron chi connectivity index (χ2n) is 6.92. The van der Waals surface area contributed by atoms with Crippen molar-refractivity contribution in [1.29, 1.82) is 0 Å². The van der Waals surface area contributed by atoms with Crippen molar-refractivity contribution in [3.05, 3.63) is 45.4 Å². The van der Waals surface area contributed by atoms with Gasteiger partial charge < -0.3 is 10.5 Å². The number of anilines is 1. The maximum Gasteiger partial charge on any atom is 0.255 e. The van der Waals surface area contributed by atoms with Gasteiger partial charge in [-0.15, -0.1) is 23.7 Å². The van der Waals surface area contributed by atoms with E-state index >= 15 is 0 Å². The Balaban J connectivity index is 0.00000210. The van der Waals surface area contributed by atoms with Gasteiger partial charge in [0.25, 0.3) is 5.91 Å². The summed E-state index contributed by atoms with van der Waals surface area (Å²) >= 11 is 7.86. The molecule has 1 saturated carbocycles. The van der Waals surface area contributed by atoms with Crippen LogP contribution in [0.5, 0.6) is 0 Å². The number of carbonyl (C=O) groups is 1. The average Bonchev–Trinajstić information content (AvgIpc) is 3.23. The van der Waals surface area contributed by atoms with Gasteiger partial charge in [0.05, 0.1) is 11.8 Å².